The molecule has 4 aliphatic rings. The summed E-state index contributed by atoms with van der Waals surface area (Å²) in [5.74, 6) is 1.83. The number of hydrogen-bond donors (Lipinski definition) is 1. The van der Waals surface area contributed by atoms with E-state index in [1.165, 1.54) is 18.2 Å². The molecule has 1 aliphatic heterocycles. The quantitative estimate of drug-likeness (QED) is 0.420. The number of carbonyl (C=O) groups is 1. The number of anilines is 1. The van der Waals surface area contributed by atoms with Crippen LogP contribution in [0, 0.1) is 17.8 Å². The Labute approximate surface area is 242 Å². The molecule has 216 valence electrons. The molecule has 0 radical (unpaired) electrons. The molecule has 0 saturated heterocycles. The Hall–Kier alpha value is -2.28. The van der Waals surface area contributed by atoms with Crippen LogP contribution in [0.15, 0.2) is 36.4 Å². The van der Waals surface area contributed by atoms with Gasteiger partial charge in [0.1, 0.15) is 5.75 Å². The predicted octanol–water partition coefficient (Wildman–Crippen LogP) is 6.19. The SMILES string of the molecule is COC(=O)c1ccc2c(c1)N(C[C@@H]1CC[C@H]1[C@@H](OC)[C@H]1CCC[C@@H](O)C1)C[C@@]1(CCCc3cc(Cl)ccc31)CO2. The number of rotatable bonds is 6. The maximum absolute atomic E-state index is 12.5. The van der Waals surface area contributed by atoms with Gasteiger partial charge in [0.15, 0.2) is 0 Å². The standard InChI is InChI=1S/C33H42ClNO5/c1-38-31(22-5-3-7-26(36)16-22)27-11-8-24(27)18-35-19-33(14-4-6-21-15-25(34)10-12-28(21)33)20-40-30-13-9-23(17-29(30)35)32(37)39-2/h9-10,12-13,15,17,22,24,26-27,31,36H,3-8,11,14,16,18-20H2,1-2H3/t22-,24-,26+,27+,31-,33-/m0/s1. The van der Waals surface area contributed by atoms with Gasteiger partial charge in [0.2, 0.25) is 0 Å². The van der Waals surface area contributed by atoms with E-state index in [0.29, 0.717) is 29.9 Å². The topological polar surface area (TPSA) is 68.2 Å². The Balaban J connectivity index is 1.33. The van der Waals surface area contributed by atoms with Crippen LogP contribution >= 0.6 is 11.6 Å². The molecule has 7 heteroatoms. The lowest BCUT2D eigenvalue weighted by molar-refractivity contribution is -0.0721. The maximum Gasteiger partial charge on any atom is 0.337 e. The highest BCUT2D eigenvalue weighted by molar-refractivity contribution is 6.30. The molecule has 1 N–H and O–H groups in total. The van der Waals surface area contributed by atoms with Crippen molar-refractivity contribution in [3.8, 4) is 5.75 Å². The summed E-state index contributed by atoms with van der Waals surface area (Å²) >= 11 is 6.41. The van der Waals surface area contributed by atoms with Crippen LogP contribution in [0.3, 0.4) is 0 Å². The number of halogens is 1. The van der Waals surface area contributed by atoms with Crippen molar-refractivity contribution in [2.24, 2.45) is 17.8 Å². The molecule has 2 aromatic carbocycles. The number of nitrogens with zero attached hydrogens (tertiary/aromatic N) is 1. The van der Waals surface area contributed by atoms with Gasteiger partial charge in [-0.15, -0.1) is 0 Å². The van der Waals surface area contributed by atoms with E-state index in [1.54, 1.807) is 6.07 Å². The molecule has 0 aromatic heterocycles. The molecule has 3 aliphatic carbocycles. The fourth-order valence-corrected chi connectivity index (χ4v) is 8.31. The molecular weight excluding hydrogens is 526 g/mol. The van der Waals surface area contributed by atoms with Gasteiger partial charge in [0.05, 0.1) is 37.2 Å². The molecule has 2 saturated carbocycles. The fourth-order valence-electron chi connectivity index (χ4n) is 8.11. The van der Waals surface area contributed by atoms with Crippen LogP contribution in [-0.2, 0) is 21.3 Å². The summed E-state index contributed by atoms with van der Waals surface area (Å²) in [7, 11) is 3.27. The van der Waals surface area contributed by atoms with Crippen LogP contribution in [0.1, 0.15) is 72.9 Å². The van der Waals surface area contributed by atoms with E-state index in [9.17, 15) is 9.90 Å². The fraction of sp³-hybridized carbons (Fsp3) is 0.606. The number of benzene rings is 2. The van der Waals surface area contributed by atoms with Crippen LogP contribution < -0.4 is 9.64 Å². The first kappa shape index (κ1) is 27.9. The van der Waals surface area contributed by atoms with Gasteiger partial charge in [-0.05, 0) is 111 Å². The number of methoxy groups -OCH3 is 2. The van der Waals surface area contributed by atoms with Crippen molar-refractivity contribution in [1.29, 1.82) is 0 Å². The number of aliphatic hydroxyl groups is 1. The van der Waals surface area contributed by atoms with E-state index < -0.39 is 0 Å². The van der Waals surface area contributed by atoms with Crippen molar-refractivity contribution < 1.29 is 24.1 Å². The first-order chi connectivity index (χ1) is 19.4. The zero-order valence-electron chi connectivity index (χ0n) is 23.7. The summed E-state index contributed by atoms with van der Waals surface area (Å²) in [5.41, 5.74) is 4.01. The summed E-state index contributed by atoms with van der Waals surface area (Å²) in [5, 5.41) is 11.2. The smallest absolute Gasteiger partial charge is 0.337 e. The number of aliphatic hydroxyl groups excluding tert-OH is 1. The largest absolute Gasteiger partial charge is 0.490 e. The van der Waals surface area contributed by atoms with Crippen LogP contribution in [-0.4, -0.2) is 57.2 Å². The van der Waals surface area contributed by atoms with Gasteiger partial charge in [0, 0.05) is 30.6 Å². The van der Waals surface area contributed by atoms with Crippen molar-refractivity contribution in [3.63, 3.8) is 0 Å². The Morgan fingerprint density at radius 1 is 1.15 bits per heavy atom. The molecule has 0 amide bonds. The highest BCUT2D eigenvalue weighted by Crippen LogP contribution is 2.48. The molecule has 0 unspecified atom stereocenters. The molecule has 6 nitrogen and oxygen atoms in total. The number of hydrogen-bond acceptors (Lipinski definition) is 6. The van der Waals surface area contributed by atoms with Crippen LogP contribution in [0.5, 0.6) is 5.75 Å². The molecule has 6 atom stereocenters. The van der Waals surface area contributed by atoms with Crippen molar-refractivity contribution in [2.45, 2.75) is 75.4 Å². The summed E-state index contributed by atoms with van der Waals surface area (Å²) in [4.78, 5) is 15.0. The lowest BCUT2D eigenvalue weighted by Gasteiger charge is -2.48. The minimum atomic E-state index is -0.337. The highest BCUT2D eigenvalue weighted by Gasteiger charge is 2.46. The average molecular weight is 568 g/mol. The van der Waals surface area contributed by atoms with E-state index in [2.05, 4.69) is 17.0 Å². The number of carbonyl (C=O) groups excluding carboxylic acids is 1. The molecule has 0 bridgehead atoms. The second-order valence-corrected chi connectivity index (χ2v) is 13.0. The predicted molar refractivity (Wildman–Crippen MR) is 157 cm³/mol. The Bertz CT molecular complexity index is 1240. The van der Waals surface area contributed by atoms with Gasteiger partial charge in [-0.2, -0.15) is 0 Å². The van der Waals surface area contributed by atoms with E-state index >= 15 is 0 Å². The molecule has 2 fully saturated rings. The lowest BCUT2D eigenvalue weighted by Crippen LogP contribution is -2.51. The third kappa shape index (κ3) is 5.23. The van der Waals surface area contributed by atoms with E-state index in [-0.39, 0.29) is 23.6 Å². The van der Waals surface area contributed by atoms with Crippen LogP contribution in [0.2, 0.25) is 5.02 Å². The van der Waals surface area contributed by atoms with E-state index in [4.69, 9.17) is 25.8 Å². The summed E-state index contributed by atoms with van der Waals surface area (Å²) in [6.07, 6.45) is 9.39. The molecular formula is C33H42ClNO5. The Morgan fingerprint density at radius 2 is 2.02 bits per heavy atom. The van der Waals surface area contributed by atoms with Crippen LogP contribution in [0.25, 0.3) is 0 Å². The van der Waals surface area contributed by atoms with Crippen molar-refractivity contribution in [1.82, 2.24) is 0 Å². The zero-order chi connectivity index (χ0) is 27.9. The van der Waals surface area contributed by atoms with Gasteiger partial charge >= 0.3 is 5.97 Å². The maximum atomic E-state index is 12.5. The van der Waals surface area contributed by atoms with E-state index in [0.717, 1.165) is 87.3 Å². The molecule has 40 heavy (non-hydrogen) atoms. The van der Waals surface area contributed by atoms with Crippen molar-refractivity contribution >= 4 is 23.3 Å². The summed E-state index contributed by atoms with van der Waals surface area (Å²) in [6, 6.07) is 12.0. The summed E-state index contributed by atoms with van der Waals surface area (Å²) in [6.45, 7) is 2.30. The van der Waals surface area contributed by atoms with Crippen LogP contribution in [0.4, 0.5) is 5.69 Å². The second-order valence-electron chi connectivity index (χ2n) is 12.6. The third-order valence-corrected chi connectivity index (χ3v) is 10.5. The number of esters is 1. The molecule has 1 spiro atoms. The normalized spacial score (nSPS) is 30.4. The number of fused-ring (bicyclic) bond motifs is 3. The third-order valence-electron chi connectivity index (χ3n) is 10.2. The monoisotopic (exact) mass is 567 g/mol. The minimum absolute atomic E-state index is 0.157. The first-order valence-electron chi connectivity index (χ1n) is 15.0. The molecule has 2 aromatic rings. The number of aryl methyl sites for hydroxylation is 1. The first-order valence-corrected chi connectivity index (χ1v) is 15.4. The van der Waals surface area contributed by atoms with Crippen molar-refractivity contribution in [3.05, 3.63) is 58.1 Å². The van der Waals surface area contributed by atoms with Crippen molar-refractivity contribution in [2.75, 3.05) is 38.8 Å². The van der Waals surface area contributed by atoms with Gasteiger partial charge < -0.3 is 24.2 Å². The van der Waals surface area contributed by atoms with Gasteiger partial charge in [-0.25, -0.2) is 4.79 Å². The minimum Gasteiger partial charge on any atom is -0.490 e. The molecule has 6 rings (SSSR count). The highest BCUT2D eigenvalue weighted by atomic mass is 35.5. The second kappa shape index (κ2) is 11.5. The molecule has 1 heterocycles. The Morgan fingerprint density at radius 3 is 2.77 bits per heavy atom. The van der Waals surface area contributed by atoms with Gasteiger partial charge in [-0.3, -0.25) is 0 Å². The van der Waals surface area contributed by atoms with E-state index in [1.807, 2.05) is 25.3 Å². The van der Waals surface area contributed by atoms with Gasteiger partial charge in [-0.1, -0.05) is 24.1 Å². The Kier molecular flexibility index (Phi) is 8.04. The number of ether oxygens (including phenoxy) is 3. The zero-order valence-corrected chi connectivity index (χ0v) is 24.5. The van der Waals surface area contributed by atoms with Gasteiger partial charge in [0.25, 0.3) is 0 Å². The average Bonchev–Trinajstić information content (AvgIpc) is 3.10. The lowest BCUT2D eigenvalue weighted by atomic mass is 9.65. The summed E-state index contributed by atoms with van der Waals surface area (Å²) < 4.78 is 17.8.